The fourth-order valence-corrected chi connectivity index (χ4v) is 1.34. The average Bonchev–Trinajstić information content (AvgIpc) is 2.78. The number of ketones is 1. The molecular weight excluding hydrogens is 227 g/mol. The van der Waals surface area contributed by atoms with Crippen LogP contribution in [-0.4, -0.2) is 16.9 Å². The van der Waals surface area contributed by atoms with E-state index in [9.17, 15) is 14.0 Å². The van der Waals surface area contributed by atoms with E-state index in [4.69, 9.17) is 9.52 Å². The molecule has 1 heterocycles. The summed E-state index contributed by atoms with van der Waals surface area (Å²) >= 11 is 0. The molecule has 0 saturated carbocycles. The van der Waals surface area contributed by atoms with Crippen molar-refractivity contribution in [1.29, 1.82) is 0 Å². The first kappa shape index (κ1) is 11.1. The highest BCUT2D eigenvalue weighted by molar-refractivity contribution is 6.09. The van der Waals surface area contributed by atoms with Crippen molar-refractivity contribution in [2.45, 2.75) is 0 Å². The topological polar surface area (TPSA) is 67.5 Å². The number of furan rings is 1. The predicted molar refractivity (Wildman–Crippen MR) is 55.5 cm³/mol. The number of carbonyl (C=O) groups excluding carboxylic acids is 1. The Labute approximate surface area is 95.3 Å². The second-order valence-electron chi connectivity index (χ2n) is 3.34. The van der Waals surface area contributed by atoms with Crippen molar-refractivity contribution in [1.82, 2.24) is 0 Å². The average molecular weight is 234 g/mol. The molecule has 2 aromatic rings. The molecule has 0 spiro atoms. The van der Waals surface area contributed by atoms with Crippen LogP contribution in [0.4, 0.5) is 4.39 Å². The summed E-state index contributed by atoms with van der Waals surface area (Å²) < 4.78 is 17.4. The molecule has 1 aromatic heterocycles. The van der Waals surface area contributed by atoms with Crippen molar-refractivity contribution >= 4 is 11.8 Å². The third-order valence-corrected chi connectivity index (χ3v) is 2.18. The molecule has 0 radical (unpaired) electrons. The zero-order valence-electron chi connectivity index (χ0n) is 8.51. The van der Waals surface area contributed by atoms with E-state index in [1.807, 2.05) is 0 Å². The van der Waals surface area contributed by atoms with Crippen molar-refractivity contribution in [2.24, 2.45) is 0 Å². The maximum atomic E-state index is 12.7. The molecule has 0 bridgehead atoms. The molecular formula is C12H7FO4. The SMILES string of the molecule is O=C(c1ccc(F)cc1)c1coc(C(=O)O)c1. The molecule has 0 aliphatic rings. The number of benzene rings is 1. The summed E-state index contributed by atoms with van der Waals surface area (Å²) in [5, 5.41) is 8.63. The Morgan fingerprint density at radius 1 is 1.12 bits per heavy atom. The molecule has 5 heteroatoms. The van der Waals surface area contributed by atoms with Gasteiger partial charge in [-0.15, -0.1) is 0 Å². The van der Waals surface area contributed by atoms with E-state index in [0.717, 1.165) is 24.5 Å². The Morgan fingerprint density at radius 3 is 2.29 bits per heavy atom. The number of carbonyl (C=O) groups is 2. The van der Waals surface area contributed by atoms with Crippen LogP contribution in [0, 0.1) is 5.82 Å². The summed E-state index contributed by atoms with van der Waals surface area (Å²) in [6, 6.07) is 6.10. The standard InChI is InChI=1S/C12H7FO4/c13-9-3-1-7(2-4-9)11(14)8-5-10(12(15)16)17-6-8/h1-6H,(H,15,16). The van der Waals surface area contributed by atoms with Gasteiger partial charge >= 0.3 is 5.97 Å². The fraction of sp³-hybridized carbons (Fsp3) is 0. The number of hydrogen-bond acceptors (Lipinski definition) is 3. The van der Waals surface area contributed by atoms with Gasteiger partial charge in [-0.3, -0.25) is 4.79 Å². The number of halogens is 1. The van der Waals surface area contributed by atoms with Crippen LogP contribution in [-0.2, 0) is 0 Å². The molecule has 1 N–H and O–H groups in total. The summed E-state index contributed by atoms with van der Waals surface area (Å²) in [7, 11) is 0. The minimum absolute atomic E-state index is 0.119. The lowest BCUT2D eigenvalue weighted by Crippen LogP contribution is -2.00. The molecule has 4 nitrogen and oxygen atoms in total. The van der Waals surface area contributed by atoms with E-state index < -0.39 is 17.6 Å². The highest BCUT2D eigenvalue weighted by Gasteiger charge is 2.15. The van der Waals surface area contributed by atoms with Crippen LogP contribution in [0.25, 0.3) is 0 Å². The maximum absolute atomic E-state index is 12.7. The summed E-state index contributed by atoms with van der Waals surface area (Å²) in [6.07, 6.45) is 1.06. The van der Waals surface area contributed by atoms with Gasteiger partial charge in [0.05, 0.1) is 5.56 Å². The monoisotopic (exact) mass is 234 g/mol. The second kappa shape index (κ2) is 4.21. The lowest BCUT2D eigenvalue weighted by Gasteiger charge is -1.96. The van der Waals surface area contributed by atoms with E-state index in [1.165, 1.54) is 12.1 Å². The highest BCUT2D eigenvalue weighted by Crippen LogP contribution is 2.14. The van der Waals surface area contributed by atoms with Gasteiger partial charge in [-0.2, -0.15) is 0 Å². The minimum atomic E-state index is -1.25. The van der Waals surface area contributed by atoms with Crippen LogP contribution in [0.3, 0.4) is 0 Å². The largest absolute Gasteiger partial charge is 0.475 e. The summed E-state index contributed by atoms with van der Waals surface area (Å²) in [6.45, 7) is 0. The Kier molecular flexibility index (Phi) is 2.74. The predicted octanol–water partition coefficient (Wildman–Crippen LogP) is 2.35. The van der Waals surface area contributed by atoms with Crippen LogP contribution in [0.1, 0.15) is 26.5 Å². The lowest BCUT2D eigenvalue weighted by atomic mass is 10.1. The summed E-state index contributed by atoms with van der Waals surface area (Å²) in [4.78, 5) is 22.4. The first-order valence-electron chi connectivity index (χ1n) is 4.70. The number of carboxylic acids is 1. The van der Waals surface area contributed by atoms with Crippen molar-refractivity contribution in [3.63, 3.8) is 0 Å². The minimum Gasteiger partial charge on any atom is -0.475 e. The number of aromatic carboxylic acids is 1. The van der Waals surface area contributed by atoms with Crippen LogP contribution in [0.2, 0.25) is 0 Å². The van der Waals surface area contributed by atoms with Crippen LogP contribution in [0.5, 0.6) is 0 Å². The van der Waals surface area contributed by atoms with Crippen LogP contribution < -0.4 is 0 Å². The number of rotatable bonds is 3. The second-order valence-corrected chi connectivity index (χ2v) is 3.34. The van der Waals surface area contributed by atoms with Crippen molar-refractivity contribution in [3.8, 4) is 0 Å². The van der Waals surface area contributed by atoms with E-state index in [0.29, 0.717) is 0 Å². The summed E-state index contributed by atoms with van der Waals surface area (Å²) in [5.41, 5.74) is 0.387. The molecule has 0 aliphatic carbocycles. The number of carboxylic acid groups (broad SMARTS) is 1. The Hall–Kier alpha value is -2.43. The van der Waals surface area contributed by atoms with E-state index in [-0.39, 0.29) is 16.9 Å². The van der Waals surface area contributed by atoms with Crippen LogP contribution >= 0.6 is 0 Å². The quantitative estimate of drug-likeness (QED) is 0.827. The normalized spacial score (nSPS) is 10.2. The first-order valence-corrected chi connectivity index (χ1v) is 4.70. The lowest BCUT2D eigenvalue weighted by molar-refractivity contribution is 0.0662. The Balaban J connectivity index is 2.30. The van der Waals surface area contributed by atoms with Crippen molar-refractivity contribution in [3.05, 3.63) is 59.3 Å². The van der Waals surface area contributed by atoms with Gasteiger partial charge in [-0.1, -0.05) is 0 Å². The van der Waals surface area contributed by atoms with E-state index in [1.54, 1.807) is 0 Å². The van der Waals surface area contributed by atoms with Crippen LogP contribution in [0.15, 0.2) is 41.0 Å². The first-order chi connectivity index (χ1) is 8.08. The van der Waals surface area contributed by atoms with Gasteiger partial charge in [0.2, 0.25) is 5.76 Å². The van der Waals surface area contributed by atoms with Gasteiger partial charge in [0.15, 0.2) is 5.78 Å². The molecule has 2 rings (SSSR count). The van der Waals surface area contributed by atoms with Crippen molar-refractivity contribution < 1.29 is 23.5 Å². The Bertz CT molecular complexity index is 568. The number of hydrogen-bond donors (Lipinski definition) is 1. The molecule has 17 heavy (non-hydrogen) atoms. The molecule has 0 atom stereocenters. The molecule has 0 amide bonds. The smallest absolute Gasteiger partial charge is 0.371 e. The fourth-order valence-electron chi connectivity index (χ4n) is 1.34. The molecule has 1 aromatic carbocycles. The van der Waals surface area contributed by atoms with Crippen molar-refractivity contribution in [2.75, 3.05) is 0 Å². The molecule has 0 unspecified atom stereocenters. The maximum Gasteiger partial charge on any atom is 0.371 e. The molecule has 0 fully saturated rings. The molecule has 0 saturated heterocycles. The third-order valence-electron chi connectivity index (χ3n) is 2.18. The van der Waals surface area contributed by atoms with E-state index >= 15 is 0 Å². The van der Waals surface area contributed by atoms with Gasteiger partial charge in [0.25, 0.3) is 0 Å². The van der Waals surface area contributed by atoms with E-state index in [2.05, 4.69) is 0 Å². The van der Waals surface area contributed by atoms with Gasteiger partial charge in [-0.05, 0) is 24.3 Å². The zero-order valence-corrected chi connectivity index (χ0v) is 8.51. The Morgan fingerprint density at radius 2 is 1.76 bits per heavy atom. The van der Waals surface area contributed by atoms with Gasteiger partial charge in [0, 0.05) is 11.6 Å². The zero-order chi connectivity index (χ0) is 12.4. The molecule has 86 valence electrons. The van der Waals surface area contributed by atoms with Gasteiger partial charge in [0.1, 0.15) is 12.1 Å². The summed E-state index contributed by atoms with van der Waals surface area (Å²) in [5.74, 6) is -2.42. The third kappa shape index (κ3) is 2.23. The van der Waals surface area contributed by atoms with Gasteiger partial charge in [-0.25, -0.2) is 9.18 Å². The van der Waals surface area contributed by atoms with Gasteiger partial charge < -0.3 is 9.52 Å². The molecule has 0 aliphatic heterocycles. The highest BCUT2D eigenvalue weighted by atomic mass is 19.1.